The van der Waals surface area contributed by atoms with E-state index in [1.54, 1.807) is 23.7 Å². The first-order valence-electron chi connectivity index (χ1n) is 8.22. The Morgan fingerprint density at radius 3 is 2.31 bits per heavy atom. The Bertz CT molecular complexity index is 970. The van der Waals surface area contributed by atoms with Gasteiger partial charge in [0.05, 0.1) is 22.3 Å². The van der Waals surface area contributed by atoms with Gasteiger partial charge in [-0.3, -0.25) is 0 Å². The molecule has 0 saturated carbocycles. The van der Waals surface area contributed by atoms with E-state index in [2.05, 4.69) is 5.10 Å². The summed E-state index contributed by atoms with van der Waals surface area (Å²) in [6, 6.07) is 9.28. The minimum absolute atomic E-state index is 0.278. The molecule has 3 rings (SSSR count). The lowest BCUT2D eigenvalue weighted by molar-refractivity contribution is 0.0518. The third-order valence-corrected chi connectivity index (χ3v) is 4.93. The molecule has 0 aliphatic rings. The van der Waals surface area contributed by atoms with Gasteiger partial charge in [-0.2, -0.15) is 5.10 Å². The van der Waals surface area contributed by atoms with Crippen LogP contribution in [0.25, 0.3) is 11.5 Å². The molecule has 0 bridgehead atoms. The highest BCUT2D eigenvalue weighted by Gasteiger charge is 2.24. The molecular weight excluding hydrogens is 373 g/mol. The fourth-order valence-corrected chi connectivity index (χ4v) is 3.23. The molecule has 0 atom stereocenters. The van der Waals surface area contributed by atoms with E-state index in [4.69, 9.17) is 27.9 Å². The number of nitrogens with zero attached hydrogens (tertiary/aromatic N) is 3. The molecule has 0 spiro atoms. The second-order valence-electron chi connectivity index (χ2n) is 5.98. The second kappa shape index (κ2) is 7.17. The zero-order valence-corrected chi connectivity index (χ0v) is 16.5. The zero-order chi connectivity index (χ0) is 19.0. The molecule has 0 fully saturated rings. The zero-order valence-electron chi connectivity index (χ0n) is 15.0. The lowest BCUT2D eigenvalue weighted by Gasteiger charge is -2.14. The maximum absolute atomic E-state index is 12.4. The summed E-state index contributed by atoms with van der Waals surface area (Å²) < 4.78 is 8.91. The van der Waals surface area contributed by atoms with Gasteiger partial charge in [-0.1, -0.05) is 23.2 Å². The summed E-state index contributed by atoms with van der Waals surface area (Å²) >= 11 is 12.2. The SMILES string of the molecule is CCOC(=O)c1nn(-c2ccc(Cl)c(Cl)c2)c(-n2c(C)ccc2C)c1C. The average Bonchev–Trinajstić information content (AvgIpc) is 3.10. The van der Waals surface area contributed by atoms with Crippen LogP contribution in [0.5, 0.6) is 0 Å². The first kappa shape index (κ1) is 18.5. The molecule has 0 saturated heterocycles. The fraction of sp³-hybridized carbons (Fsp3) is 0.263. The maximum Gasteiger partial charge on any atom is 0.359 e. The van der Waals surface area contributed by atoms with Crippen LogP contribution in [0.2, 0.25) is 10.0 Å². The summed E-state index contributed by atoms with van der Waals surface area (Å²) in [6.45, 7) is 7.92. The number of aryl methyl sites for hydroxylation is 2. The van der Waals surface area contributed by atoms with Gasteiger partial charge in [-0.25, -0.2) is 9.48 Å². The van der Waals surface area contributed by atoms with Crippen LogP contribution < -0.4 is 0 Å². The quantitative estimate of drug-likeness (QED) is 0.583. The van der Waals surface area contributed by atoms with Crippen molar-refractivity contribution < 1.29 is 9.53 Å². The summed E-state index contributed by atoms with van der Waals surface area (Å²) in [6.07, 6.45) is 0. The van der Waals surface area contributed by atoms with Gasteiger partial charge in [-0.15, -0.1) is 0 Å². The number of hydrogen-bond donors (Lipinski definition) is 0. The standard InChI is InChI=1S/C19H19Cl2N3O2/c1-5-26-19(25)17-13(4)18(23-11(2)6-7-12(23)3)24(22-17)14-8-9-15(20)16(21)10-14/h6-10H,5H2,1-4H3. The number of carbonyl (C=O) groups is 1. The number of aromatic nitrogens is 3. The van der Waals surface area contributed by atoms with E-state index in [9.17, 15) is 4.79 Å². The van der Waals surface area contributed by atoms with Crippen molar-refractivity contribution in [1.82, 2.24) is 14.3 Å². The summed E-state index contributed by atoms with van der Waals surface area (Å²) in [7, 11) is 0. The third kappa shape index (κ3) is 3.13. The normalized spacial score (nSPS) is 11.0. The van der Waals surface area contributed by atoms with E-state index in [0.717, 1.165) is 22.8 Å². The largest absolute Gasteiger partial charge is 0.461 e. The summed E-state index contributed by atoms with van der Waals surface area (Å²) in [5.41, 5.74) is 3.78. The smallest absolute Gasteiger partial charge is 0.359 e. The average molecular weight is 392 g/mol. The summed E-state index contributed by atoms with van der Waals surface area (Å²) in [4.78, 5) is 12.4. The van der Waals surface area contributed by atoms with Crippen LogP contribution in [0.3, 0.4) is 0 Å². The van der Waals surface area contributed by atoms with Gasteiger partial charge in [-0.05, 0) is 58.0 Å². The van der Waals surface area contributed by atoms with Crippen LogP contribution in [0.4, 0.5) is 0 Å². The van der Waals surface area contributed by atoms with Crippen molar-refractivity contribution in [2.24, 2.45) is 0 Å². The molecule has 0 aliphatic heterocycles. The second-order valence-corrected chi connectivity index (χ2v) is 6.79. The van der Waals surface area contributed by atoms with Crippen molar-refractivity contribution in [2.75, 3.05) is 6.61 Å². The van der Waals surface area contributed by atoms with Crippen LogP contribution in [-0.4, -0.2) is 26.9 Å². The first-order valence-corrected chi connectivity index (χ1v) is 8.98. The molecule has 0 amide bonds. The lowest BCUT2D eigenvalue weighted by Crippen LogP contribution is -2.09. The number of carbonyl (C=O) groups excluding carboxylic acids is 1. The van der Waals surface area contributed by atoms with Crippen LogP contribution in [0.1, 0.15) is 34.4 Å². The summed E-state index contributed by atoms with van der Waals surface area (Å²) in [5, 5.41) is 5.40. The Morgan fingerprint density at radius 2 is 1.73 bits per heavy atom. The molecule has 7 heteroatoms. The van der Waals surface area contributed by atoms with E-state index in [-0.39, 0.29) is 12.3 Å². The Kier molecular flexibility index (Phi) is 5.12. The first-order chi connectivity index (χ1) is 12.3. The molecule has 0 unspecified atom stereocenters. The number of hydrogen-bond acceptors (Lipinski definition) is 3. The highest BCUT2D eigenvalue weighted by Crippen LogP contribution is 2.29. The Balaban J connectivity index is 2.30. The van der Waals surface area contributed by atoms with Crippen LogP contribution in [0, 0.1) is 20.8 Å². The molecule has 0 aliphatic carbocycles. The molecule has 2 aromatic heterocycles. The highest BCUT2D eigenvalue weighted by atomic mass is 35.5. The number of rotatable bonds is 4. The highest BCUT2D eigenvalue weighted by molar-refractivity contribution is 6.42. The van der Waals surface area contributed by atoms with Crippen molar-refractivity contribution in [3.8, 4) is 11.5 Å². The van der Waals surface area contributed by atoms with Gasteiger partial charge >= 0.3 is 5.97 Å². The molecule has 0 N–H and O–H groups in total. The van der Waals surface area contributed by atoms with Gasteiger partial charge < -0.3 is 9.30 Å². The van der Waals surface area contributed by atoms with Crippen molar-refractivity contribution in [3.05, 3.63) is 63.0 Å². The predicted molar refractivity (Wildman–Crippen MR) is 103 cm³/mol. The van der Waals surface area contributed by atoms with Crippen molar-refractivity contribution in [1.29, 1.82) is 0 Å². The minimum atomic E-state index is -0.451. The van der Waals surface area contributed by atoms with Crippen LogP contribution in [-0.2, 0) is 4.74 Å². The van der Waals surface area contributed by atoms with E-state index < -0.39 is 5.97 Å². The number of benzene rings is 1. The molecule has 3 aromatic rings. The number of ether oxygens (including phenoxy) is 1. The third-order valence-electron chi connectivity index (χ3n) is 4.19. The number of halogens is 2. The van der Waals surface area contributed by atoms with Gasteiger partial charge in [0.2, 0.25) is 0 Å². The predicted octanol–water partition coefficient (Wildman–Crippen LogP) is 5.07. The molecule has 136 valence electrons. The van der Waals surface area contributed by atoms with E-state index >= 15 is 0 Å². The van der Waals surface area contributed by atoms with Crippen molar-refractivity contribution in [3.63, 3.8) is 0 Å². The van der Waals surface area contributed by atoms with Gasteiger partial charge in [0.25, 0.3) is 0 Å². The van der Waals surface area contributed by atoms with Gasteiger partial charge in [0, 0.05) is 17.0 Å². The molecule has 0 radical (unpaired) electrons. The van der Waals surface area contributed by atoms with E-state index in [0.29, 0.717) is 15.7 Å². The van der Waals surface area contributed by atoms with Crippen molar-refractivity contribution >= 4 is 29.2 Å². The molecule has 2 heterocycles. The van der Waals surface area contributed by atoms with Gasteiger partial charge in [0.1, 0.15) is 5.82 Å². The maximum atomic E-state index is 12.4. The Labute approximate surface area is 162 Å². The molecular formula is C19H19Cl2N3O2. The monoisotopic (exact) mass is 391 g/mol. The number of esters is 1. The lowest BCUT2D eigenvalue weighted by atomic mass is 10.2. The van der Waals surface area contributed by atoms with E-state index in [1.165, 1.54) is 0 Å². The van der Waals surface area contributed by atoms with E-state index in [1.807, 2.05) is 43.5 Å². The van der Waals surface area contributed by atoms with Crippen LogP contribution >= 0.6 is 23.2 Å². The Hall–Kier alpha value is -2.24. The topological polar surface area (TPSA) is 49.0 Å². The van der Waals surface area contributed by atoms with Gasteiger partial charge in [0.15, 0.2) is 5.69 Å². The minimum Gasteiger partial charge on any atom is -0.461 e. The van der Waals surface area contributed by atoms with Crippen molar-refractivity contribution in [2.45, 2.75) is 27.7 Å². The molecule has 1 aromatic carbocycles. The van der Waals surface area contributed by atoms with Crippen LogP contribution in [0.15, 0.2) is 30.3 Å². The Morgan fingerprint density at radius 1 is 1.08 bits per heavy atom. The molecule has 26 heavy (non-hydrogen) atoms. The fourth-order valence-electron chi connectivity index (χ4n) is 2.94. The molecule has 5 nitrogen and oxygen atoms in total. The summed E-state index contributed by atoms with van der Waals surface area (Å²) in [5.74, 6) is 0.318.